The quantitative estimate of drug-likeness (QED) is 0.483. The number of benzene rings is 2. The summed E-state index contributed by atoms with van der Waals surface area (Å²) in [6, 6.07) is 12.9. The van der Waals surface area contributed by atoms with Gasteiger partial charge in [0.1, 0.15) is 5.75 Å². The molecule has 1 N–H and O–H groups in total. The lowest BCUT2D eigenvalue weighted by molar-refractivity contribution is -0.274. The van der Waals surface area contributed by atoms with Gasteiger partial charge >= 0.3 is 6.36 Å². The third-order valence-electron chi connectivity index (χ3n) is 3.96. The summed E-state index contributed by atoms with van der Waals surface area (Å²) in [7, 11) is 0. The minimum Gasteiger partial charge on any atom is -0.406 e. The van der Waals surface area contributed by atoms with Crippen LogP contribution in [0.2, 0.25) is 0 Å². The average molecular weight is 390 g/mol. The van der Waals surface area contributed by atoms with Crippen LogP contribution in [0.5, 0.6) is 5.75 Å². The van der Waals surface area contributed by atoms with Crippen molar-refractivity contribution in [2.75, 3.05) is 5.32 Å². The highest BCUT2D eigenvalue weighted by Crippen LogP contribution is 2.29. The number of nitrogens with one attached hydrogen (secondary N) is 1. The molecule has 0 aliphatic heterocycles. The first kappa shape index (κ1) is 19.3. The lowest BCUT2D eigenvalue weighted by Gasteiger charge is -2.13. The summed E-state index contributed by atoms with van der Waals surface area (Å²) in [5, 5.41) is 2.63. The summed E-state index contributed by atoms with van der Waals surface area (Å²) >= 11 is 0. The van der Waals surface area contributed by atoms with Gasteiger partial charge < -0.3 is 10.1 Å². The fourth-order valence-corrected chi connectivity index (χ4v) is 2.68. The third-order valence-corrected chi connectivity index (χ3v) is 3.96. The highest BCUT2D eigenvalue weighted by atomic mass is 19.4. The molecule has 0 fully saturated rings. The van der Waals surface area contributed by atoms with Crippen molar-refractivity contribution >= 4 is 11.6 Å². The van der Waals surface area contributed by atoms with Gasteiger partial charge in [0.2, 0.25) is 5.95 Å². The normalized spacial score (nSPS) is 11.2. The van der Waals surface area contributed by atoms with Gasteiger partial charge in [0, 0.05) is 5.56 Å². The zero-order valence-corrected chi connectivity index (χ0v) is 14.5. The maximum Gasteiger partial charge on any atom is 0.573 e. The molecular formula is C20H14F4N2O2. The molecule has 8 heteroatoms. The Balaban J connectivity index is 1.84. The SMILES string of the molecule is Cc1c(C(=O)Nc2ccc(F)nc2)cccc1-c1ccc(OC(F)(F)F)cc1. The Bertz CT molecular complexity index is 985. The molecule has 1 aromatic heterocycles. The predicted octanol–water partition coefficient (Wildman–Crippen LogP) is 5.35. The van der Waals surface area contributed by atoms with Crippen molar-refractivity contribution in [3.63, 3.8) is 0 Å². The molecule has 3 rings (SSSR count). The summed E-state index contributed by atoms with van der Waals surface area (Å²) in [4.78, 5) is 16.0. The van der Waals surface area contributed by atoms with Crippen molar-refractivity contribution < 1.29 is 27.1 Å². The molecule has 0 bridgehead atoms. The van der Waals surface area contributed by atoms with Crippen LogP contribution in [0.3, 0.4) is 0 Å². The average Bonchev–Trinajstić information content (AvgIpc) is 2.63. The van der Waals surface area contributed by atoms with E-state index in [1.165, 1.54) is 36.5 Å². The number of halogens is 4. The molecule has 144 valence electrons. The number of anilines is 1. The summed E-state index contributed by atoms with van der Waals surface area (Å²) in [6.45, 7) is 1.73. The maximum absolute atomic E-state index is 12.9. The zero-order valence-electron chi connectivity index (χ0n) is 14.5. The number of hydrogen-bond donors (Lipinski definition) is 1. The van der Waals surface area contributed by atoms with E-state index in [2.05, 4.69) is 15.0 Å². The minimum atomic E-state index is -4.76. The molecule has 0 radical (unpaired) electrons. The van der Waals surface area contributed by atoms with Crippen LogP contribution in [0.15, 0.2) is 60.8 Å². The number of nitrogens with zero attached hydrogens (tertiary/aromatic N) is 1. The van der Waals surface area contributed by atoms with Crippen LogP contribution in [0.25, 0.3) is 11.1 Å². The molecule has 4 nitrogen and oxygen atoms in total. The number of amides is 1. The first-order valence-corrected chi connectivity index (χ1v) is 8.11. The van der Waals surface area contributed by atoms with Crippen molar-refractivity contribution in [2.45, 2.75) is 13.3 Å². The second-order valence-corrected chi connectivity index (χ2v) is 5.87. The Kier molecular flexibility index (Phi) is 5.30. The second kappa shape index (κ2) is 7.67. The Hall–Kier alpha value is -3.42. The lowest BCUT2D eigenvalue weighted by Crippen LogP contribution is -2.17. The molecule has 1 heterocycles. The number of ether oxygens (including phenoxy) is 1. The monoisotopic (exact) mass is 390 g/mol. The van der Waals surface area contributed by atoms with E-state index < -0.39 is 18.2 Å². The summed E-state index contributed by atoms with van der Waals surface area (Å²) in [6.07, 6.45) is -3.56. The molecule has 0 saturated carbocycles. The Labute approximate surface area is 157 Å². The summed E-state index contributed by atoms with van der Waals surface area (Å²) in [5.41, 5.74) is 2.66. The van der Waals surface area contributed by atoms with Crippen LogP contribution < -0.4 is 10.1 Å². The highest BCUT2D eigenvalue weighted by molar-refractivity contribution is 6.06. The van der Waals surface area contributed by atoms with Gasteiger partial charge in [-0.2, -0.15) is 4.39 Å². The van der Waals surface area contributed by atoms with E-state index in [-0.39, 0.29) is 5.75 Å². The molecule has 1 amide bonds. The Morgan fingerprint density at radius 2 is 1.75 bits per heavy atom. The molecule has 28 heavy (non-hydrogen) atoms. The van der Waals surface area contributed by atoms with Gasteiger partial charge in [-0.3, -0.25) is 4.79 Å². The number of carbonyl (C=O) groups excluding carboxylic acids is 1. The van der Waals surface area contributed by atoms with Crippen LogP contribution in [0.1, 0.15) is 15.9 Å². The third kappa shape index (κ3) is 4.64. The van der Waals surface area contributed by atoms with Crippen molar-refractivity contribution in [3.05, 3.63) is 77.9 Å². The lowest BCUT2D eigenvalue weighted by atomic mass is 9.96. The fraction of sp³-hybridized carbons (Fsp3) is 0.100. The number of aromatic nitrogens is 1. The van der Waals surface area contributed by atoms with Gasteiger partial charge in [0.25, 0.3) is 5.91 Å². The molecular weight excluding hydrogens is 376 g/mol. The maximum atomic E-state index is 12.9. The molecule has 0 spiro atoms. The van der Waals surface area contributed by atoms with E-state index >= 15 is 0 Å². The van der Waals surface area contributed by atoms with Gasteiger partial charge in [-0.1, -0.05) is 24.3 Å². The molecule has 0 saturated heterocycles. The van der Waals surface area contributed by atoms with E-state index in [1.807, 2.05) is 0 Å². The van der Waals surface area contributed by atoms with E-state index in [0.717, 1.165) is 6.07 Å². The molecule has 0 aliphatic carbocycles. The van der Waals surface area contributed by atoms with Crippen LogP contribution in [-0.4, -0.2) is 17.3 Å². The largest absolute Gasteiger partial charge is 0.573 e. The first-order chi connectivity index (χ1) is 13.2. The predicted molar refractivity (Wildman–Crippen MR) is 95.4 cm³/mol. The molecule has 2 aromatic carbocycles. The number of alkyl halides is 3. The highest BCUT2D eigenvalue weighted by Gasteiger charge is 2.31. The second-order valence-electron chi connectivity index (χ2n) is 5.87. The van der Waals surface area contributed by atoms with Crippen LogP contribution >= 0.6 is 0 Å². The summed E-state index contributed by atoms with van der Waals surface area (Å²) in [5.74, 6) is -1.40. The van der Waals surface area contributed by atoms with Crippen molar-refractivity contribution in [2.24, 2.45) is 0 Å². The van der Waals surface area contributed by atoms with Crippen LogP contribution in [-0.2, 0) is 0 Å². The Morgan fingerprint density at radius 1 is 1.04 bits per heavy atom. The van der Waals surface area contributed by atoms with Gasteiger partial charge in [0.05, 0.1) is 11.9 Å². The molecule has 3 aromatic rings. The first-order valence-electron chi connectivity index (χ1n) is 8.11. The zero-order chi connectivity index (χ0) is 20.3. The number of rotatable bonds is 4. The van der Waals surface area contributed by atoms with E-state index in [0.29, 0.717) is 27.9 Å². The number of carbonyl (C=O) groups is 1. The fourth-order valence-electron chi connectivity index (χ4n) is 2.68. The topological polar surface area (TPSA) is 51.2 Å². The van der Waals surface area contributed by atoms with Gasteiger partial charge in [0.15, 0.2) is 0 Å². The van der Waals surface area contributed by atoms with Crippen molar-refractivity contribution in [1.29, 1.82) is 0 Å². The Morgan fingerprint density at radius 3 is 2.36 bits per heavy atom. The smallest absolute Gasteiger partial charge is 0.406 e. The van der Waals surface area contributed by atoms with Gasteiger partial charge in [-0.05, 0) is 53.9 Å². The van der Waals surface area contributed by atoms with E-state index in [9.17, 15) is 22.4 Å². The molecule has 0 atom stereocenters. The molecule has 0 unspecified atom stereocenters. The number of pyridine rings is 1. The van der Waals surface area contributed by atoms with Crippen molar-refractivity contribution in [1.82, 2.24) is 4.98 Å². The van der Waals surface area contributed by atoms with E-state index in [1.54, 1.807) is 25.1 Å². The van der Waals surface area contributed by atoms with Gasteiger partial charge in [-0.25, -0.2) is 4.98 Å². The molecule has 0 aliphatic rings. The standard InChI is InChI=1S/C20H14F4N2O2/c1-12-16(13-5-8-15(9-6-13)28-20(22,23)24)3-2-4-17(12)19(27)26-14-7-10-18(21)25-11-14/h2-11H,1H3,(H,26,27). The van der Waals surface area contributed by atoms with Crippen LogP contribution in [0, 0.1) is 12.9 Å². The minimum absolute atomic E-state index is 0.327. The van der Waals surface area contributed by atoms with Crippen molar-refractivity contribution in [3.8, 4) is 16.9 Å². The van der Waals surface area contributed by atoms with Gasteiger partial charge in [-0.15, -0.1) is 13.2 Å². The van der Waals surface area contributed by atoms with Crippen LogP contribution in [0.4, 0.5) is 23.2 Å². The summed E-state index contributed by atoms with van der Waals surface area (Å²) < 4.78 is 53.6. The van der Waals surface area contributed by atoms with E-state index in [4.69, 9.17) is 0 Å². The number of hydrogen-bond acceptors (Lipinski definition) is 3.